The quantitative estimate of drug-likeness (QED) is 0.796. The number of hydrogen-bond acceptors (Lipinski definition) is 4. The van der Waals surface area contributed by atoms with Crippen LogP contribution in [0.2, 0.25) is 0 Å². The molecule has 0 bridgehead atoms. The number of aromatic nitrogens is 3. The summed E-state index contributed by atoms with van der Waals surface area (Å²) in [6.07, 6.45) is 2.08. The van der Waals surface area contributed by atoms with E-state index in [2.05, 4.69) is 23.3 Å². The Morgan fingerprint density at radius 2 is 2.11 bits per heavy atom. The molecule has 19 heavy (non-hydrogen) atoms. The van der Waals surface area contributed by atoms with Gasteiger partial charge in [0.2, 0.25) is 0 Å². The molecule has 1 heterocycles. The monoisotopic (exact) mass is 256 g/mol. The summed E-state index contributed by atoms with van der Waals surface area (Å²) in [5, 5.41) is 16.9. The Hall–Kier alpha value is -2.35. The van der Waals surface area contributed by atoms with Crippen molar-refractivity contribution in [3.8, 4) is 11.8 Å². The molecule has 1 aromatic carbocycles. The van der Waals surface area contributed by atoms with Crippen molar-refractivity contribution in [2.75, 3.05) is 0 Å². The minimum atomic E-state index is 0.309. The fourth-order valence-corrected chi connectivity index (χ4v) is 1.72. The van der Waals surface area contributed by atoms with Crippen LogP contribution in [0, 0.1) is 11.3 Å². The maximum atomic E-state index is 9.03. The molecule has 0 spiro atoms. The van der Waals surface area contributed by atoms with Crippen LogP contribution in [0.3, 0.4) is 0 Å². The van der Waals surface area contributed by atoms with E-state index in [1.807, 2.05) is 30.3 Å². The van der Waals surface area contributed by atoms with Crippen molar-refractivity contribution < 1.29 is 4.74 Å². The molecule has 5 heteroatoms. The van der Waals surface area contributed by atoms with Gasteiger partial charge in [0.25, 0.3) is 0 Å². The van der Waals surface area contributed by atoms with E-state index in [0.717, 1.165) is 30.8 Å². The van der Waals surface area contributed by atoms with E-state index in [1.165, 1.54) is 0 Å². The van der Waals surface area contributed by atoms with Crippen molar-refractivity contribution in [3.63, 3.8) is 0 Å². The molecular formula is C14H16N4O. The zero-order valence-corrected chi connectivity index (χ0v) is 10.9. The standard InChI is InChI=1S/C14H16N4O/c1-2-3-9-18-14(13(10-15)16-17-18)11-19-12-7-5-4-6-8-12/h4-8H,2-3,9,11H2,1H3. The van der Waals surface area contributed by atoms with Crippen molar-refractivity contribution in [1.29, 1.82) is 5.26 Å². The number of para-hydroxylation sites is 1. The van der Waals surface area contributed by atoms with Crippen LogP contribution in [0.4, 0.5) is 0 Å². The minimum Gasteiger partial charge on any atom is -0.487 e. The summed E-state index contributed by atoms with van der Waals surface area (Å²) >= 11 is 0. The summed E-state index contributed by atoms with van der Waals surface area (Å²) in [7, 11) is 0. The molecule has 0 unspecified atom stereocenters. The first kappa shape index (κ1) is 13.1. The number of aryl methyl sites for hydroxylation is 1. The summed E-state index contributed by atoms with van der Waals surface area (Å²) in [5.74, 6) is 0.773. The highest BCUT2D eigenvalue weighted by Crippen LogP contribution is 2.13. The van der Waals surface area contributed by atoms with Gasteiger partial charge >= 0.3 is 0 Å². The number of ether oxygens (including phenoxy) is 1. The molecule has 0 fully saturated rings. The second-order valence-electron chi connectivity index (χ2n) is 4.17. The highest BCUT2D eigenvalue weighted by atomic mass is 16.5. The predicted octanol–water partition coefficient (Wildman–Crippen LogP) is 2.53. The summed E-state index contributed by atoms with van der Waals surface area (Å²) in [6.45, 7) is 3.19. The normalized spacial score (nSPS) is 10.1. The molecule has 0 saturated heterocycles. The van der Waals surface area contributed by atoms with Gasteiger partial charge in [-0.2, -0.15) is 5.26 Å². The Kier molecular flexibility index (Phi) is 4.51. The fraction of sp³-hybridized carbons (Fsp3) is 0.357. The second-order valence-corrected chi connectivity index (χ2v) is 4.17. The highest BCUT2D eigenvalue weighted by Gasteiger charge is 2.12. The van der Waals surface area contributed by atoms with Crippen molar-refractivity contribution >= 4 is 0 Å². The molecule has 2 rings (SSSR count). The molecular weight excluding hydrogens is 240 g/mol. The molecule has 2 aromatic rings. The zero-order valence-electron chi connectivity index (χ0n) is 10.9. The molecule has 0 aliphatic heterocycles. The van der Waals surface area contributed by atoms with E-state index >= 15 is 0 Å². The van der Waals surface area contributed by atoms with Crippen molar-refractivity contribution in [2.24, 2.45) is 0 Å². The third-order valence-corrected chi connectivity index (χ3v) is 2.79. The lowest BCUT2D eigenvalue weighted by Gasteiger charge is -2.08. The van der Waals surface area contributed by atoms with Gasteiger partial charge in [-0.3, -0.25) is 0 Å². The number of benzene rings is 1. The first-order valence-electron chi connectivity index (χ1n) is 6.35. The Balaban J connectivity index is 2.09. The van der Waals surface area contributed by atoms with Crippen LogP contribution in [0.5, 0.6) is 5.75 Å². The lowest BCUT2D eigenvalue weighted by molar-refractivity contribution is 0.290. The van der Waals surface area contributed by atoms with Crippen LogP contribution in [0.25, 0.3) is 0 Å². The number of rotatable bonds is 6. The molecule has 0 aliphatic carbocycles. The average Bonchev–Trinajstić information content (AvgIpc) is 2.86. The van der Waals surface area contributed by atoms with Crippen LogP contribution in [0.1, 0.15) is 31.2 Å². The SMILES string of the molecule is CCCCn1nnc(C#N)c1COc1ccccc1. The van der Waals surface area contributed by atoms with Gasteiger partial charge in [-0.25, -0.2) is 4.68 Å². The fourth-order valence-electron chi connectivity index (χ4n) is 1.72. The molecule has 0 amide bonds. The molecule has 5 nitrogen and oxygen atoms in total. The van der Waals surface area contributed by atoms with Gasteiger partial charge in [-0.05, 0) is 18.6 Å². The van der Waals surface area contributed by atoms with Gasteiger partial charge in [0.1, 0.15) is 24.1 Å². The summed E-state index contributed by atoms with van der Waals surface area (Å²) < 4.78 is 7.42. The molecule has 0 N–H and O–H groups in total. The molecule has 0 atom stereocenters. The van der Waals surface area contributed by atoms with Crippen LogP contribution in [-0.4, -0.2) is 15.0 Å². The van der Waals surface area contributed by atoms with E-state index in [9.17, 15) is 0 Å². The van der Waals surface area contributed by atoms with Gasteiger partial charge in [0, 0.05) is 6.54 Å². The van der Waals surface area contributed by atoms with E-state index < -0.39 is 0 Å². The third-order valence-electron chi connectivity index (χ3n) is 2.79. The van der Waals surface area contributed by atoms with Crippen LogP contribution >= 0.6 is 0 Å². The lowest BCUT2D eigenvalue weighted by atomic mass is 10.3. The topological polar surface area (TPSA) is 63.7 Å². The van der Waals surface area contributed by atoms with Gasteiger partial charge in [-0.1, -0.05) is 36.8 Å². The first-order valence-corrected chi connectivity index (χ1v) is 6.35. The van der Waals surface area contributed by atoms with Crippen LogP contribution < -0.4 is 4.74 Å². The highest BCUT2D eigenvalue weighted by molar-refractivity contribution is 5.26. The van der Waals surface area contributed by atoms with Crippen molar-refractivity contribution in [3.05, 3.63) is 41.7 Å². The zero-order chi connectivity index (χ0) is 13.5. The van der Waals surface area contributed by atoms with E-state index in [4.69, 9.17) is 10.00 Å². The molecule has 1 aromatic heterocycles. The first-order chi connectivity index (χ1) is 9.35. The molecule has 0 saturated carbocycles. The van der Waals surface area contributed by atoms with Gasteiger partial charge in [-0.15, -0.1) is 5.10 Å². The van der Waals surface area contributed by atoms with E-state index in [-0.39, 0.29) is 0 Å². The van der Waals surface area contributed by atoms with E-state index in [0.29, 0.717) is 12.3 Å². The van der Waals surface area contributed by atoms with Gasteiger partial charge < -0.3 is 4.74 Å². The maximum absolute atomic E-state index is 9.03. The number of hydrogen-bond donors (Lipinski definition) is 0. The molecule has 98 valence electrons. The maximum Gasteiger partial charge on any atom is 0.189 e. The van der Waals surface area contributed by atoms with Crippen molar-refractivity contribution in [2.45, 2.75) is 32.9 Å². The third kappa shape index (κ3) is 3.32. The predicted molar refractivity (Wildman–Crippen MR) is 70.4 cm³/mol. The summed E-state index contributed by atoms with van der Waals surface area (Å²) in [4.78, 5) is 0. The van der Waals surface area contributed by atoms with Gasteiger partial charge in [0.05, 0.1) is 0 Å². The van der Waals surface area contributed by atoms with Crippen LogP contribution in [0.15, 0.2) is 30.3 Å². The average molecular weight is 256 g/mol. The van der Waals surface area contributed by atoms with Crippen LogP contribution in [-0.2, 0) is 13.2 Å². The second kappa shape index (κ2) is 6.55. The Labute approximate surface area is 112 Å². The number of nitrogens with zero attached hydrogens (tertiary/aromatic N) is 4. The Morgan fingerprint density at radius 1 is 1.32 bits per heavy atom. The van der Waals surface area contributed by atoms with E-state index in [1.54, 1.807) is 4.68 Å². The lowest BCUT2D eigenvalue weighted by Crippen LogP contribution is -2.09. The minimum absolute atomic E-state index is 0.309. The summed E-state index contributed by atoms with van der Waals surface area (Å²) in [6, 6.07) is 11.6. The molecule has 0 radical (unpaired) electrons. The molecule has 0 aliphatic rings. The summed E-state index contributed by atoms with van der Waals surface area (Å²) in [5.41, 5.74) is 1.08. The number of unbranched alkanes of at least 4 members (excludes halogenated alkanes) is 1. The van der Waals surface area contributed by atoms with Gasteiger partial charge in [0.15, 0.2) is 5.69 Å². The largest absolute Gasteiger partial charge is 0.487 e. The smallest absolute Gasteiger partial charge is 0.189 e. The van der Waals surface area contributed by atoms with Crippen molar-refractivity contribution in [1.82, 2.24) is 15.0 Å². The Bertz CT molecular complexity index is 557. The number of nitriles is 1. The Morgan fingerprint density at radius 3 is 2.79 bits per heavy atom.